The molecule has 0 saturated heterocycles. The Bertz CT molecular complexity index is 508. The van der Waals surface area contributed by atoms with E-state index in [1.807, 2.05) is 0 Å². The van der Waals surface area contributed by atoms with Crippen molar-refractivity contribution in [3.8, 4) is 0 Å². The third kappa shape index (κ3) is 4.90. The third-order valence-electron chi connectivity index (χ3n) is 2.78. The highest BCUT2D eigenvalue weighted by Crippen LogP contribution is 2.26. The van der Waals surface area contributed by atoms with Gasteiger partial charge in [0.2, 0.25) is 0 Å². The summed E-state index contributed by atoms with van der Waals surface area (Å²) in [6.45, 7) is 1.93. The van der Waals surface area contributed by atoms with Crippen molar-refractivity contribution in [3.05, 3.63) is 33.8 Å². The molecule has 7 heteroatoms. The highest BCUT2D eigenvalue weighted by Gasteiger charge is 2.16. The molecule has 0 heterocycles. The van der Waals surface area contributed by atoms with E-state index in [1.165, 1.54) is 11.9 Å². The Morgan fingerprint density at radius 1 is 1.40 bits per heavy atom. The summed E-state index contributed by atoms with van der Waals surface area (Å²) in [6, 6.07) is 4.38. The molecule has 1 rings (SSSR count). The third-order valence-corrected chi connectivity index (χ3v) is 3.34. The predicted octanol–water partition coefficient (Wildman–Crippen LogP) is 3.17. The van der Waals surface area contributed by atoms with Crippen LogP contribution >= 0.6 is 23.2 Å². The Kier molecular flexibility index (Phi) is 6.10. The molecule has 1 aromatic rings. The fourth-order valence-corrected chi connectivity index (χ4v) is 2.16. The maximum Gasteiger partial charge on any atom is 0.317 e. The largest absolute Gasteiger partial charge is 0.481 e. The number of carbonyl (C=O) groups excluding carboxylic acids is 1. The fourth-order valence-electron chi connectivity index (χ4n) is 1.59. The van der Waals surface area contributed by atoms with E-state index in [4.69, 9.17) is 28.3 Å². The summed E-state index contributed by atoms with van der Waals surface area (Å²) in [4.78, 5) is 23.6. The minimum Gasteiger partial charge on any atom is -0.481 e. The molecule has 2 amide bonds. The van der Waals surface area contributed by atoms with Crippen molar-refractivity contribution < 1.29 is 14.7 Å². The lowest BCUT2D eigenvalue weighted by Gasteiger charge is -2.21. The molecular weight excluding hydrogens is 303 g/mol. The van der Waals surface area contributed by atoms with E-state index >= 15 is 0 Å². The van der Waals surface area contributed by atoms with Gasteiger partial charge in [0.05, 0.1) is 12.5 Å². The van der Waals surface area contributed by atoms with Gasteiger partial charge < -0.3 is 15.3 Å². The zero-order valence-corrected chi connectivity index (χ0v) is 12.7. The second-order valence-electron chi connectivity index (χ2n) is 4.40. The van der Waals surface area contributed by atoms with Gasteiger partial charge in [-0.1, -0.05) is 29.3 Å². The molecule has 0 saturated carbocycles. The lowest BCUT2D eigenvalue weighted by molar-refractivity contribution is -0.137. The first-order valence-corrected chi connectivity index (χ1v) is 6.75. The number of hydrogen-bond acceptors (Lipinski definition) is 2. The van der Waals surface area contributed by atoms with Gasteiger partial charge >= 0.3 is 12.0 Å². The first kappa shape index (κ1) is 16.6. The van der Waals surface area contributed by atoms with E-state index in [2.05, 4.69) is 5.32 Å². The van der Waals surface area contributed by atoms with Gasteiger partial charge in [0.15, 0.2) is 0 Å². The van der Waals surface area contributed by atoms with Crippen LogP contribution in [-0.2, 0) is 4.79 Å². The summed E-state index contributed by atoms with van der Waals surface area (Å²) >= 11 is 11.9. The van der Waals surface area contributed by atoms with Crippen LogP contribution in [0.4, 0.5) is 4.79 Å². The monoisotopic (exact) mass is 318 g/mol. The smallest absolute Gasteiger partial charge is 0.317 e. The number of nitrogens with zero attached hydrogens (tertiary/aromatic N) is 1. The normalized spacial score (nSPS) is 11.8. The average molecular weight is 319 g/mol. The number of hydrogen-bond donors (Lipinski definition) is 2. The van der Waals surface area contributed by atoms with Crippen LogP contribution in [0.3, 0.4) is 0 Å². The van der Waals surface area contributed by atoms with E-state index in [-0.39, 0.29) is 25.0 Å². The molecule has 1 aromatic carbocycles. The van der Waals surface area contributed by atoms with Crippen LogP contribution in [0.1, 0.15) is 24.9 Å². The number of carbonyl (C=O) groups is 2. The van der Waals surface area contributed by atoms with Gasteiger partial charge in [-0.15, -0.1) is 0 Å². The summed E-state index contributed by atoms with van der Waals surface area (Å²) in [7, 11) is 1.54. The molecule has 0 unspecified atom stereocenters. The number of aliphatic carboxylic acids is 1. The second-order valence-corrected chi connectivity index (χ2v) is 5.25. The number of rotatable bonds is 5. The van der Waals surface area contributed by atoms with Crippen molar-refractivity contribution in [1.29, 1.82) is 0 Å². The van der Waals surface area contributed by atoms with Crippen molar-refractivity contribution in [2.45, 2.75) is 19.4 Å². The summed E-state index contributed by atoms with van der Waals surface area (Å²) in [6.07, 6.45) is -0.0972. The van der Waals surface area contributed by atoms with Crippen molar-refractivity contribution in [2.75, 3.05) is 13.6 Å². The molecule has 5 nitrogen and oxygen atoms in total. The van der Waals surface area contributed by atoms with E-state index < -0.39 is 5.97 Å². The van der Waals surface area contributed by atoms with Crippen LogP contribution in [0, 0.1) is 0 Å². The molecule has 0 aliphatic heterocycles. The maximum atomic E-state index is 11.9. The van der Waals surface area contributed by atoms with Gasteiger partial charge in [-0.2, -0.15) is 0 Å². The number of carboxylic acids is 1. The molecule has 110 valence electrons. The van der Waals surface area contributed by atoms with E-state index in [9.17, 15) is 9.59 Å². The van der Waals surface area contributed by atoms with E-state index in [0.29, 0.717) is 10.0 Å². The number of urea groups is 1. The highest BCUT2D eigenvalue weighted by molar-refractivity contribution is 6.35. The lowest BCUT2D eigenvalue weighted by atomic mass is 10.1. The predicted molar refractivity (Wildman–Crippen MR) is 78.3 cm³/mol. The Hall–Kier alpha value is -1.46. The molecule has 0 aliphatic carbocycles. The standard InChI is InChI=1S/C13H16Cl2N2O3/c1-8(10-4-3-9(14)7-11(10)15)16-13(20)17(2)6-5-12(18)19/h3-4,7-8H,5-6H2,1-2H3,(H,16,20)(H,18,19)/t8-/m1/s1. The number of benzene rings is 1. The van der Waals surface area contributed by atoms with Crippen molar-refractivity contribution in [3.63, 3.8) is 0 Å². The van der Waals surface area contributed by atoms with E-state index in [0.717, 1.165) is 5.56 Å². The van der Waals surface area contributed by atoms with Crippen molar-refractivity contribution in [1.82, 2.24) is 10.2 Å². The minimum atomic E-state index is -0.946. The lowest BCUT2D eigenvalue weighted by Crippen LogP contribution is -2.39. The topological polar surface area (TPSA) is 69.6 Å². The quantitative estimate of drug-likeness (QED) is 0.876. The van der Waals surface area contributed by atoms with E-state index in [1.54, 1.807) is 25.1 Å². The number of halogens is 2. The SMILES string of the molecule is C[C@@H](NC(=O)N(C)CCC(=O)O)c1ccc(Cl)cc1Cl. The van der Waals surface area contributed by atoms with Crippen LogP contribution in [0.5, 0.6) is 0 Å². The summed E-state index contributed by atoms with van der Waals surface area (Å²) in [5.41, 5.74) is 0.746. The van der Waals surface area contributed by atoms with Gasteiger partial charge in [0.25, 0.3) is 0 Å². The Morgan fingerprint density at radius 2 is 2.05 bits per heavy atom. The molecule has 20 heavy (non-hydrogen) atoms. The second kappa shape index (κ2) is 7.36. The minimum absolute atomic E-state index is 0.0972. The number of carboxylic acid groups (broad SMARTS) is 1. The molecule has 0 fully saturated rings. The molecular formula is C13H16Cl2N2O3. The Balaban J connectivity index is 2.63. The Labute approximate surface area is 127 Å². The van der Waals surface area contributed by atoms with Gasteiger partial charge in [-0.3, -0.25) is 4.79 Å². The van der Waals surface area contributed by atoms with Gasteiger partial charge in [0.1, 0.15) is 0 Å². The molecule has 0 bridgehead atoms. The van der Waals surface area contributed by atoms with Crippen LogP contribution in [0.2, 0.25) is 10.0 Å². The van der Waals surface area contributed by atoms with Gasteiger partial charge in [-0.25, -0.2) is 4.79 Å². The Morgan fingerprint density at radius 3 is 2.60 bits per heavy atom. The molecule has 0 spiro atoms. The number of nitrogens with one attached hydrogen (secondary N) is 1. The van der Waals surface area contributed by atoms with Crippen LogP contribution in [0.25, 0.3) is 0 Å². The molecule has 1 atom stereocenters. The summed E-state index contributed by atoms with van der Waals surface area (Å²) in [5, 5.41) is 12.3. The number of amides is 2. The maximum absolute atomic E-state index is 11.9. The first-order valence-electron chi connectivity index (χ1n) is 5.99. The summed E-state index contributed by atoms with van der Waals surface area (Å²) in [5.74, 6) is -0.946. The van der Waals surface area contributed by atoms with Gasteiger partial charge in [-0.05, 0) is 24.6 Å². The zero-order chi connectivity index (χ0) is 15.3. The molecule has 0 radical (unpaired) electrons. The van der Waals surface area contributed by atoms with Crippen molar-refractivity contribution >= 4 is 35.2 Å². The highest BCUT2D eigenvalue weighted by atomic mass is 35.5. The van der Waals surface area contributed by atoms with Crippen LogP contribution < -0.4 is 5.32 Å². The van der Waals surface area contributed by atoms with Crippen molar-refractivity contribution in [2.24, 2.45) is 0 Å². The average Bonchev–Trinajstić information content (AvgIpc) is 2.35. The first-order chi connectivity index (χ1) is 9.31. The van der Waals surface area contributed by atoms with Crippen LogP contribution in [-0.4, -0.2) is 35.6 Å². The molecule has 0 aliphatic rings. The fraction of sp³-hybridized carbons (Fsp3) is 0.385. The molecule has 2 N–H and O–H groups in total. The summed E-state index contributed by atoms with van der Waals surface area (Å²) < 4.78 is 0. The molecule has 0 aromatic heterocycles. The van der Waals surface area contributed by atoms with Gasteiger partial charge in [0, 0.05) is 23.6 Å². The van der Waals surface area contributed by atoms with Crippen LogP contribution in [0.15, 0.2) is 18.2 Å². The zero-order valence-electron chi connectivity index (χ0n) is 11.2.